The molecule has 0 unspecified atom stereocenters. The third kappa shape index (κ3) is 6.23. The molecule has 0 bridgehead atoms. The zero-order chi connectivity index (χ0) is 31.3. The van der Waals surface area contributed by atoms with Crippen LogP contribution in [0.1, 0.15) is 34.3 Å². The van der Waals surface area contributed by atoms with Crippen molar-refractivity contribution in [2.75, 3.05) is 0 Å². The van der Waals surface area contributed by atoms with E-state index in [2.05, 4.69) is 10.6 Å². The number of rotatable bonds is 12. The molecule has 0 saturated carbocycles. The van der Waals surface area contributed by atoms with Crippen LogP contribution in [0.5, 0.6) is 23.0 Å². The van der Waals surface area contributed by atoms with Crippen LogP contribution in [-0.2, 0) is 22.8 Å². The summed E-state index contributed by atoms with van der Waals surface area (Å²) in [6.07, 6.45) is -1.27. The van der Waals surface area contributed by atoms with Gasteiger partial charge in [0.25, 0.3) is 11.8 Å². The first-order valence-corrected chi connectivity index (χ1v) is 15.2. The van der Waals surface area contributed by atoms with Crippen molar-refractivity contribution in [2.45, 2.75) is 37.5 Å². The highest BCUT2D eigenvalue weighted by molar-refractivity contribution is 5.90. The van der Waals surface area contributed by atoms with Gasteiger partial charge in [0.15, 0.2) is 0 Å². The van der Waals surface area contributed by atoms with Crippen molar-refractivity contribution in [2.24, 2.45) is 0 Å². The van der Waals surface area contributed by atoms with Gasteiger partial charge in [-0.05, 0) is 53.6 Å². The van der Waals surface area contributed by atoms with Gasteiger partial charge in [-0.1, -0.05) is 91.0 Å². The topological polar surface area (TPSA) is 95.1 Å². The molecule has 46 heavy (non-hydrogen) atoms. The molecule has 7 rings (SSSR count). The number of carbonyl (C=O) groups is 2. The Morgan fingerprint density at radius 2 is 0.891 bits per heavy atom. The molecule has 5 aromatic rings. The molecule has 8 heteroatoms. The Balaban J connectivity index is 0.993. The normalized spacial score (nSPS) is 19.9. The third-order valence-electron chi connectivity index (χ3n) is 8.02. The Bertz CT molecular complexity index is 1700. The molecule has 4 atom stereocenters. The molecule has 2 N–H and O–H groups in total. The lowest BCUT2D eigenvalue weighted by atomic mass is 9.93. The van der Waals surface area contributed by atoms with Gasteiger partial charge in [-0.15, -0.1) is 0 Å². The van der Waals surface area contributed by atoms with Crippen LogP contribution in [0.4, 0.5) is 0 Å². The summed E-state index contributed by atoms with van der Waals surface area (Å²) < 4.78 is 24.5. The Hall–Kier alpha value is -5.76. The molecular weight excluding hydrogens is 580 g/mol. The molecule has 2 aliphatic rings. The molecule has 0 radical (unpaired) electrons. The number of benzene rings is 5. The van der Waals surface area contributed by atoms with Gasteiger partial charge in [0, 0.05) is 11.1 Å². The van der Waals surface area contributed by atoms with E-state index in [1.165, 1.54) is 0 Å². The van der Waals surface area contributed by atoms with Crippen molar-refractivity contribution in [3.8, 4) is 23.0 Å². The minimum atomic E-state index is -0.635. The number of amides is 2. The minimum Gasteiger partial charge on any atom is -0.489 e. The summed E-state index contributed by atoms with van der Waals surface area (Å²) in [5, 5.41) is 5.91. The van der Waals surface area contributed by atoms with Crippen LogP contribution in [0.2, 0.25) is 0 Å². The van der Waals surface area contributed by atoms with Crippen LogP contribution in [0.25, 0.3) is 0 Å². The van der Waals surface area contributed by atoms with E-state index in [0.29, 0.717) is 36.2 Å². The van der Waals surface area contributed by atoms with Gasteiger partial charge in [0.1, 0.15) is 48.3 Å². The van der Waals surface area contributed by atoms with Gasteiger partial charge in [0.05, 0.1) is 0 Å². The second kappa shape index (κ2) is 13.1. The van der Waals surface area contributed by atoms with Crippen molar-refractivity contribution in [1.29, 1.82) is 0 Å². The Kier molecular flexibility index (Phi) is 8.24. The zero-order valence-electron chi connectivity index (χ0n) is 24.9. The fraction of sp³-hybridized carbons (Fsp3) is 0.158. The number of carbonyl (C=O) groups excluding carboxylic acids is 2. The molecule has 2 aliphatic heterocycles. The number of ether oxygens (including phenoxy) is 4. The second-order valence-corrected chi connectivity index (χ2v) is 11.1. The van der Waals surface area contributed by atoms with E-state index in [4.69, 9.17) is 18.9 Å². The van der Waals surface area contributed by atoms with Crippen molar-refractivity contribution in [3.63, 3.8) is 0 Å². The quantitative estimate of drug-likeness (QED) is 0.166. The molecule has 8 nitrogen and oxygen atoms in total. The average Bonchev–Trinajstić information content (AvgIpc) is 3.10. The maximum atomic E-state index is 12.4. The standard InChI is InChI=1S/C38H32N2O6/c41-37-35(45-27-14-3-1-4-15-27)33(39-37)29-18-7-9-20-31(29)43-23-25-12-11-13-26(22-25)24-44-32-21-10-8-19-30(32)34-36(38(42)40-34)46-28-16-5-2-6-17-28/h1-22,33-36H,23-24H2,(H,39,41)(H,40,42)/t33-,34-,35+,36+/m0/s1. The van der Waals surface area contributed by atoms with Gasteiger partial charge in [-0.2, -0.15) is 0 Å². The van der Waals surface area contributed by atoms with Gasteiger partial charge >= 0.3 is 0 Å². The summed E-state index contributed by atoms with van der Waals surface area (Å²) >= 11 is 0. The lowest BCUT2D eigenvalue weighted by Crippen LogP contribution is -2.58. The van der Waals surface area contributed by atoms with Crippen molar-refractivity contribution in [1.82, 2.24) is 10.6 Å². The second-order valence-electron chi connectivity index (χ2n) is 11.1. The largest absolute Gasteiger partial charge is 0.489 e. The smallest absolute Gasteiger partial charge is 0.264 e. The maximum absolute atomic E-state index is 12.4. The van der Waals surface area contributed by atoms with E-state index in [-0.39, 0.29) is 23.9 Å². The van der Waals surface area contributed by atoms with E-state index in [9.17, 15) is 9.59 Å². The molecule has 230 valence electrons. The van der Waals surface area contributed by atoms with Crippen molar-refractivity contribution < 1.29 is 28.5 Å². The highest BCUT2D eigenvalue weighted by atomic mass is 16.5. The SMILES string of the molecule is O=C1N[C@@H](c2ccccc2OCc2cccc(COc3ccccc3[C@@H]3NC(=O)[C@@H]3Oc3ccccc3)c2)[C@H]1Oc1ccccc1. The van der Waals surface area contributed by atoms with Crippen LogP contribution in [-0.4, -0.2) is 24.0 Å². The van der Waals surface area contributed by atoms with E-state index in [1.54, 1.807) is 0 Å². The summed E-state index contributed by atoms with van der Waals surface area (Å²) in [7, 11) is 0. The van der Waals surface area contributed by atoms with E-state index in [0.717, 1.165) is 22.3 Å². The summed E-state index contributed by atoms with van der Waals surface area (Å²) in [5.41, 5.74) is 3.66. The predicted molar refractivity (Wildman–Crippen MR) is 171 cm³/mol. The predicted octanol–water partition coefficient (Wildman–Crippen LogP) is 6.08. The van der Waals surface area contributed by atoms with E-state index >= 15 is 0 Å². The molecule has 2 saturated heterocycles. The first-order valence-electron chi connectivity index (χ1n) is 15.2. The van der Waals surface area contributed by atoms with Crippen LogP contribution < -0.4 is 29.6 Å². The van der Waals surface area contributed by atoms with Gasteiger partial charge in [-0.3, -0.25) is 9.59 Å². The van der Waals surface area contributed by atoms with Crippen LogP contribution in [0.15, 0.2) is 133 Å². The molecule has 0 aromatic heterocycles. The van der Waals surface area contributed by atoms with Crippen LogP contribution in [0, 0.1) is 0 Å². The molecule has 5 aromatic carbocycles. The average molecular weight is 613 g/mol. The number of hydrogen-bond donors (Lipinski definition) is 2. The first kappa shape index (κ1) is 29.0. The van der Waals surface area contributed by atoms with Gasteiger partial charge in [-0.25, -0.2) is 0 Å². The Morgan fingerprint density at radius 3 is 1.33 bits per heavy atom. The lowest BCUT2D eigenvalue weighted by molar-refractivity contribution is -0.141. The summed E-state index contributed by atoms with van der Waals surface area (Å²) in [6, 6.07) is 41.4. The summed E-state index contributed by atoms with van der Waals surface area (Å²) in [5.74, 6) is 2.34. The first-order chi connectivity index (χ1) is 22.6. The monoisotopic (exact) mass is 612 g/mol. The minimum absolute atomic E-state index is 0.156. The third-order valence-corrected chi connectivity index (χ3v) is 8.02. The lowest BCUT2D eigenvalue weighted by Gasteiger charge is -2.37. The van der Waals surface area contributed by atoms with Crippen molar-refractivity contribution >= 4 is 11.8 Å². The number of para-hydroxylation sites is 4. The summed E-state index contributed by atoms with van der Waals surface area (Å²) in [4.78, 5) is 24.8. The Morgan fingerprint density at radius 1 is 0.478 bits per heavy atom. The number of hydrogen-bond acceptors (Lipinski definition) is 6. The molecule has 0 aliphatic carbocycles. The van der Waals surface area contributed by atoms with E-state index in [1.807, 2.05) is 133 Å². The fourth-order valence-electron chi connectivity index (χ4n) is 5.62. The van der Waals surface area contributed by atoms with Crippen molar-refractivity contribution in [3.05, 3.63) is 156 Å². The zero-order valence-corrected chi connectivity index (χ0v) is 24.9. The molecule has 2 heterocycles. The van der Waals surface area contributed by atoms with Gasteiger partial charge < -0.3 is 29.6 Å². The van der Waals surface area contributed by atoms with Crippen LogP contribution >= 0.6 is 0 Å². The molecular formula is C38H32N2O6. The maximum Gasteiger partial charge on any atom is 0.264 e. The fourth-order valence-corrected chi connectivity index (χ4v) is 5.62. The molecule has 2 fully saturated rings. The van der Waals surface area contributed by atoms with Crippen LogP contribution in [0.3, 0.4) is 0 Å². The highest BCUT2D eigenvalue weighted by Crippen LogP contribution is 2.36. The Labute approximate surface area is 266 Å². The highest BCUT2D eigenvalue weighted by Gasteiger charge is 2.44. The molecule has 2 amide bonds. The number of nitrogens with one attached hydrogen (secondary N) is 2. The summed E-state index contributed by atoms with van der Waals surface area (Å²) in [6.45, 7) is 0.665. The number of β-lactam (4-membered cyclic amide) rings is 2. The van der Waals surface area contributed by atoms with E-state index < -0.39 is 12.2 Å². The van der Waals surface area contributed by atoms with Gasteiger partial charge in [0.2, 0.25) is 12.2 Å². The molecule has 0 spiro atoms.